The first-order valence-corrected chi connectivity index (χ1v) is 5.54. The molecule has 4 N–H and O–H groups in total. The number of hydrogen-bond acceptors (Lipinski definition) is 3. The number of carboxylic acid groups (broad SMARTS) is 1. The van der Waals surface area contributed by atoms with Crippen LogP contribution in [0.25, 0.3) is 0 Å². The minimum Gasteiger partial charge on any atom is -0.480 e. The molecule has 0 aliphatic carbocycles. The normalized spacial score (nSPS) is 11.7. The van der Waals surface area contributed by atoms with Crippen LogP contribution in [0.15, 0.2) is 18.2 Å². The largest absolute Gasteiger partial charge is 0.480 e. The van der Waals surface area contributed by atoms with E-state index in [0.29, 0.717) is 0 Å². The van der Waals surface area contributed by atoms with E-state index in [1.54, 1.807) is 0 Å². The van der Waals surface area contributed by atoms with Crippen molar-refractivity contribution < 1.29 is 28.3 Å². The number of nitrogens with two attached hydrogens (primary N) is 1. The highest BCUT2D eigenvalue weighted by Gasteiger charge is 2.22. The van der Waals surface area contributed by atoms with Gasteiger partial charge in [-0.1, -0.05) is 12.1 Å². The zero-order valence-electron chi connectivity index (χ0n) is 10.2. The zero-order chi connectivity index (χ0) is 15.3. The summed E-state index contributed by atoms with van der Waals surface area (Å²) in [5, 5.41) is 10.8. The van der Waals surface area contributed by atoms with Crippen LogP contribution in [0, 0.1) is 11.6 Å². The second-order valence-corrected chi connectivity index (χ2v) is 4.02. The first-order chi connectivity index (χ1) is 9.31. The van der Waals surface area contributed by atoms with Gasteiger partial charge in [0.2, 0.25) is 11.8 Å². The monoisotopic (exact) mass is 286 g/mol. The van der Waals surface area contributed by atoms with E-state index >= 15 is 0 Å². The average Bonchev–Trinajstić information content (AvgIpc) is 2.33. The van der Waals surface area contributed by atoms with Crippen molar-refractivity contribution in [2.24, 2.45) is 5.73 Å². The Morgan fingerprint density at radius 3 is 2.50 bits per heavy atom. The SMILES string of the molecule is NC(=O)CC(NC(=O)Cc1cccc(F)c1F)C(=O)O. The zero-order valence-corrected chi connectivity index (χ0v) is 10.2. The van der Waals surface area contributed by atoms with Gasteiger partial charge >= 0.3 is 5.97 Å². The molecule has 1 aromatic rings. The van der Waals surface area contributed by atoms with Crippen LogP contribution >= 0.6 is 0 Å². The van der Waals surface area contributed by atoms with E-state index in [1.807, 2.05) is 5.32 Å². The number of carbonyl (C=O) groups excluding carboxylic acids is 2. The molecule has 0 saturated carbocycles. The van der Waals surface area contributed by atoms with Gasteiger partial charge in [0.05, 0.1) is 12.8 Å². The van der Waals surface area contributed by atoms with Crippen molar-refractivity contribution in [3.05, 3.63) is 35.4 Å². The number of rotatable bonds is 6. The lowest BCUT2D eigenvalue weighted by atomic mass is 10.1. The Kier molecular flexibility index (Phi) is 5.13. The first kappa shape index (κ1) is 15.5. The summed E-state index contributed by atoms with van der Waals surface area (Å²) >= 11 is 0. The molecule has 0 saturated heterocycles. The maximum Gasteiger partial charge on any atom is 0.326 e. The van der Waals surface area contributed by atoms with Gasteiger partial charge in [-0.15, -0.1) is 0 Å². The number of carboxylic acids is 1. The Balaban J connectivity index is 2.73. The molecule has 0 radical (unpaired) electrons. The van der Waals surface area contributed by atoms with E-state index < -0.39 is 48.3 Å². The van der Waals surface area contributed by atoms with Gasteiger partial charge in [-0.3, -0.25) is 9.59 Å². The van der Waals surface area contributed by atoms with E-state index in [4.69, 9.17) is 10.8 Å². The standard InChI is InChI=1S/C12H12F2N2O4/c13-7-3-1-2-6(11(7)14)4-10(18)16-8(12(19)20)5-9(15)17/h1-3,8H,4-5H2,(H2,15,17)(H,16,18)(H,19,20). The van der Waals surface area contributed by atoms with Gasteiger partial charge in [0.1, 0.15) is 6.04 Å². The van der Waals surface area contributed by atoms with Crippen LogP contribution < -0.4 is 11.1 Å². The third-order valence-electron chi connectivity index (χ3n) is 2.42. The summed E-state index contributed by atoms with van der Waals surface area (Å²) in [4.78, 5) is 33.0. The van der Waals surface area contributed by atoms with Gasteiger partial charge in [0.25, 0.3) is 0 Å². The molecule has 0 fully saturated rings. The third kappa shape index (κ3) is 4.30. The van der Waals surface area contributed by atoms with Gasteiger partial charge in [-0.05, 0) is 6.07 Å². The lowest BCUT2D eigenvalue weighted by Crippen LogP contribution is -2.44. The molecule has 0 spiro atoms. The third-order valence-corrected chi connectivity index (χ3v) is 2.42. The summed E-state index contributed by atoms with van der Waals surface area (Å²) in [5.41, 5.74) is 4.62. The van der Waals surface area contributed by atoms with Crippen molar-refractivity contribution >= 4 is 17.8 Å². The first-order valence-electron chi connectivity index (χ1n) is 5.54. The molecule has 1 rings (SSSR count). The average molecular weight is 286 g/mol. The molecule has 1 atom stereocenters. The van der Waals surface area contributed by atoms with Crippen LogP contribution in [0.5, 0.6) is 0 Å². The molecule has 8 heteroatoms. The molecule has 0 heterocycles. The summed E-state index contributed by atoms with van der Waals surface area (Å²) in [6.07, 6.45) is -1.14. The van der Waals surface area contributed by atoms with Crippen molar-refractivity contribution in [1.29, 1.82) is 0 Å². The maximum atomic E-state index is 13.3. The quantitative estimate of drug-likeness (QED) is 0.681. The number of aliphatic carboxylic acids is 1. The van der Waals surface area contributed by atoms with E-state index in [9.17, 15) is 23.2 Å². The number of carbonyl (C=O) groups is 3. The fourth-order valence-corrected chi connectivity index (χ4v) is 1.50. The van der Waals surface area contributed by atoms with Crippen molar-refractivity contribution in [2.75, 3.05) is 0 Å². The Bertz CT molecular complexity index is 548. The number of amides is 2. The van der Waals surface area contributed by atoms with Crippen molar-refractivity contribution in [2.45, 2.75) is 18.9 Å². The van der Waals surface area contributed by atoms with Crippen LogP contribution in [-0.4, -0.2) is 28.9 Å². The second-order valence-electron chi connectivity index (χ2n) is 4.02. The molecule has 108 valence electrons. The molecular weight excluding hydrogens is 274 g/mol. The van der Waals surface area contributed by atoms with Gasteiger partial charge in [0.15, 0.2) is 11.6 Å². The highest BCUT2D eigenvalue weighted by atomic mass is 19.2. The van der Waals surface area contributed by atoms with E-state index in [1.165, 1.54) is 12.1 Å². The van der Waals surface area contributed by atoms with Crippen molar-refractivity contribution in [3.63, 3.8) is 0 Å². The summed E-state index contributed by atoms with van der Waals surface area (Å²) in [5.74, 6) is -5.50. The molecule has 0 bridgehead atoms. The number of benzene rings is 1. The van der Waals surface area contributed by atoms with Gasteiger partial charge in [0, 0.05) is 5.56 Å². The lowest BCUT2D eigenvalue weighted by Gasteiger charge is -2.13. The lowest BCUT2D eigenvalue weighted by molar-refractivity contribution is -0.143. The van der Waals surface area contributed by atoms with E-state index in [0.717, 1.165) is 6.07 Å². The molecule has 20 heavy (non-hydrogen) atoms. The van der Waals surface area contributed by atoms with Crippen LogP contribution in [0.3, 0.4) is 0 Å². The fourth-order valence-electron chi connectivity index (χ4n) is 1.50. The van der Waals surface area contributed by atoms with E-state index in [2.05, 4.69) is 0 Å². The van der Waals surface area contributed by atoms with Crippen molar-refractivity contribution in [3.8, 4) is 0 Å². The number of primary amides is 1. The van der Waals surface area contributed by atoms with E-state index in [-0.39, 0.29) is 5.56 Å². The molecule has 2 amide bonds. The van der Waals surface area contributed by atoms with Crippen LogP contribution in [0.2, 0.25) is 0 Å². The Morgan fingerprint density at radius 1 is 1.30 bits per heavy atom. The predicted molar refractivity (Wildman–Crippen MR) is 63.4 cm³/mol. The minimum absolute atomic E-state index is 0.217. The Labute approximate surface area is 112 Å². The molecule has 0 aliphatic heterocycles. The van der Waals surface area contributed by atoms with Gasteiger partial charge in [-0.2, -0.15) is 0 Å². The Hall–Kier alpha value is -2.51. The Morgan fingerprint density at radius 2 is 1.95 bits per heavy atom. The topological polar surface area (TPSA) is 109 Å². The summed E-state index contributed by atoms with van der Waals surface area (Å²) in [6, 6.07) is 1.81. The van der Waals surface area contributed by atoms with Crippen molar-refractivity contribution in [1.82, 2.24) is 5.32 Å². The summed E-state index contributed by atoms with van der Waals surface area (Å²) in [7, 11) is 0. The summed E-state index contributed by atoms with van der Waals surface area (Å²) < 4.78 is 26.3. The number of hydrogen-bond donors (Lipinski definition) is 3. The minimum atomic E-state index is -1.50. The fraction of sp³-hybridized carbons (Fsp3) is 0.250. The van der Waals surface area contributed by atoms with Crippen LogP contribution in [0.1, 0.15) is 12.0 Å². The highest BCUT2D eigenvalue weighted by molar-refractivity contribution is 5.88. The number of nitrogens with one attached hydrogen (secondary N) is 1. The number of halogens is 2. The molecule has 0 aliphatic rings. The smallest absolute Gasteiger partial charge is 0.326 e. The predicted octanol–water partition coefficient (Wildman–Crippen LogP) is -0.0479. The summed E-state index contributed by atoms with van der Waals surface area (Å²) in [6.45, 7) is 0. The molecule has 0 aromatic heterocycles. The molecule has 6 nitrogen and oxygen atoms in total. The molecular formula is C12H12F2N2O4. The van der Waals surface area contributed by atoms with Crippen LogP contribution in [0.4, 0.5) is 8.78 Å². The molecule has 1 aromatic carbocycles. The van der Waals surface area contributed by atoms with Gasteiger partial charge in [-0.25, -0.2) is 13.6 Å². The van der Waals surface area contributed by atoms with Gasteiger partial charge < -0.3 is 16.2 Å². The van der Waals surface area contributed by atoms with Crippen LogP contribution in [-0.2, 0) is 20.8 Å². The highest BCUT2D eigenvalue weighted by Crippen LogP contribution is 2.12. The second kappa shape index (κ2) is 6.60. The molecule has 1 unspecified atom stereocenters. The maximum absolute atomic E-state index is 13.3.